The fourth-order valence-corrected chi connectivity index (χ4v) is 9.95. The molecule has 1 aromatic heterocycles. The minimum absolute atomic E-state index is 0.00716. The molecule has 318 valence electrons. The zero-order valence-corrected chi connectivity index (χ0v) is 34.6. The van der Waals surface area contributed by atoms with Gasteiger partial charge in [0.05, 0.1) is 29.9 Å². The minimum atomic E-state index is -3.95. The Kier molecular flexibility index (Phi) is 11.1. The van der Waals surface area contributed by atoms with E-state index in [1.165, 1.54) is 18.1 Å². The van der Waals surface area contributed by atoms with Crippen molar-refractivity contribution < 1.29 is 50.6 Å². The van der Waals surface area contributed by atoms with Gasteiger partial charge in [0.1, 0.15) is 35.6 Å². The largest absolute Gasteiger partial charge is 0.497 e. The Morgan fingerprint density at radius 1 is 1.03 bits per heavy atom. The first-order valence-electron chi connectivity index (χ1n) is 20.4. The van der Waals surface area contributed by atoms with Gasteiger partial charge in [-0.15, -0.1) is 0 Å². The lowest BCUT2D eigenvalue weighted by molar-refractivity contribution is -0.143. The Labute approximate surface area is 337 Å². The smallest absolute Gasteiger partial charge is 0.408 e. The van der Waals surface area contributed by atoms with Crippen molar-refractivity contribution in [2.45, 2.75) is 140 Å². The molecule has 15 nitrogen and oxygen atoms in total. The highest BCUT2D eigenvalue weighted by molar-refractivity contribution is 7.91. The summed E-state index contributed by atoms with van der Waals surface area (Å²) >= 11 is 0. The molecule has 3 heterocycles. The molecule has 2 aromatic rings. The van der Waals surface area contributed by atoms with Gasteiger partial charge in [-0.2, -0.15) is 8.78 Å². The molecule has 1 unspecified atom stereocenters. The second-order valence-electron chi connectivity index (χ2n) is 17.7. The number of fused-ring (bicyclic) bond motifs is 5. The molecule has 3 saturated carbocycles. The number of nitrogens with zero attached hydrogens (tertiary/aromatic N) is 3. The van der Waals surface area contributed by atoms with Gasteiger partial charge in [0, 0.05) is 18.4 Å². The molecule has 1 aromatic carbocycles. The normalized spacial score (nSPS) is 31.3. The number of sulfonamides is 1. The molecule has 1 saturated heterocycles. The summed E-state index contributed by atoms with van der Waals surface area (Å²) in [6, 6.07) is 2.13. The van der Waals surface area contributed by atoms with Gasteiger partial charge in [0.25, 0.3) is 11.8 Å². The van der Waals surface area contributed by atoms with Crippen LogP contribution < -0.4 is 24.8 Å². The molecule has 4 amide bonds. The number of hydrogen-bond donors (Lipinski definition) is 3. The number of aromatic nitrogens is 2. The van der Waals surface area contributed by atoms with Crippen molar-refractivity contribution in [3.63, 3.8) is 0 Å². The molecule has 7 rings (SSSR count). The lowest BCUT2D eigenvalue weighted by Gasteiger charge is -2.36. The predicted octanol–water partition coefficient (Wildman–Crippen LogP) is 4.71. The number of halogens is 2. The summed E-state index contributed by atoms with van der Waals surface area (Å²) in [4.78, 5) is 66.8. The van der Waals surface area contributed by atoms with E-state index in [9.17, 15) is 27.6 Å². The predicted molar refractivity (Wildman–Crippen MR) is 206 cm³/mol. The van der Waals surface area contributed by atoms with E-state index < -0.39 is 104 Å². The summed E-state index contributed by atoms with van der Waals surface area (Å²) < 4.78 is 78.0. The van der Waals surface area contributed by atoms with Crippen LogP contribution in [0.4, 0.5) is 13.6 Å². The molecule has 0 radical (unpaired) electrons. The highest BCUT2D eigenvalue weighted by atomic mass is 32.2. The van der Waals surface area contributed by atoms with E-state index in [1.54, 1.807) is 39.8 Å². The van der Waals surface area contributed by atoms with E-state index in [4.69, 9.17) is 14.2 Å². The number of nitrogens with one attached hydrogen (secondary N) is 3. The molecule has 2 aliphatic heterocycles. The third kappa shape index (κ3) is 8.26. The van der Waals surface area contributed by atoms with Crippen molar-refractivity contribution in [1.82, 2.24) is 30.2 Å². The van der Waals surface area contributed by atoms with Crippen LogP contribution in [0, 0.1) is 23.2 Å². The maximum Gasteiger partial charge on any atom is 0.408 e. The van der Waals surface area contributed by atoms with Crippen molar-refractivity contribution in [3.05, 3.63) is 23.9 Å². The van der Waals surface area contributed by atoms with Crippen molar-refractivity contribution in [2.75, 3.05) is 13.7 Å². The molecular formula is C40H54F2N6O9S. The summed E-state index contributed by atoms with van der Waals surface area (Å²) in [7, 11) is -2.49. The number of methoxy groups -OCH3 is 1. The third-order valence-corrected chi connectivity index (χ3v) is 14.2. The zero-order valence-electron chi connectivity index (χ0n) is 33.8. The number of alkyl carbamates (subject to hydrolysis) is 1. The standard InChI is InChI=1S/C40H54F2N6O9S/c1-7-22-19-39(22,36(51)47-58(53,54)24-13-14-24)46-33(49)30-25(8-2)29-20-48(30)35(50)32(38(3,4)5)45-37(52)57-28-17-21(28)11-9-10-16-40(41,42)31-34(56-29)44-27-18-23(55-6)12-15-26(27)43-31/h12,15,18,21-22,24-25,28-30,32H,7-11,13-14,16-17,19-20H2,1-6H3,(H,45,52)(H,46,49)(H,47,51)/t21?,22-,25-,28-,29+,30+,32-,39-/m1/s1. The molecule has 3 N–H and O–H groups in total. The molecular weight excluding hydrogens is 779 g/mol. The number of carbonyl (C=O) groups excluding carboxylic acids is 4. The quantitative estimate of drug-likeness (QED) is 0.334. The van der Waals surface area contributed by atoms with Crippen LogP contribution in [-0.4, -0.2) is 95.8 Å². The maximum atomic E-state index is 16.3. The number of benzene rings is 1. The van der Waals surface area contributed by atoms with Gasteiger partial charge in [0.2, 0.25) is 27.7 Å². The molecule has 3 aliphatic carbocycles. The Morgan fingerprint density at radius 3 is 2.41 bits per heavy atom. The second kappa shape index (κ2) is 15.4. The van der Waals surface area contributed by atoms with Gasteiger partial charge in [-0.3, -0.25) is 19.1 Å². The van der Waals surface area contributed by atoms with Gasteiger partial charge < -0.3 is 29.7 Å². The molecule has 8 atom stereocenters. The Morgan fingerprint density at radius 2 is 1.78 bits per heavy atom. The molecule has 5 aliphatic rings. The molecule has 4 fully saturated rings. The van der Waals surface area contributed by atoms with Gasteiger partial charge in [-0.25, -0.2) is 23.2 Å². The summed E-state index contributed by atoms with van der Waals surface area (Å²) in [5.41, 5.74) is -2.71. The van der Waals surface area contributed by atoms with Crippen LogP contribution in [0.25, 0.3) is 11.0 Å². The van der Waals surface area contributed by atoms with Crippen molar-refractivity contribution in [2.24, 2.45) is 23.2 Å². The fourth-order valence-electron chi connectivity index (χ4n) is 8.59. The Bertz CT molecular complexity index is 2080. The van der Waals surface area contributed by atoms with Crippen molar-refractivity contribution >= 4 is 44.9 Å². The zero-order chi connectivity index (χ0) is 41.9. The Hall–Kier alpha value is -4.35. The second-order valence-corrected chi connectivity index (χ2v) is 19.6. The van der Waals surface area contributed by atoms with Crippen LogP contribution in [0.15, 0.2) is 18.2 Å². The van der Waals surface area contributed by atoms with Crippen molar-refractivity contribution in [1.29, 1.82) is 0 Å². The highest BCUT2D eigenvalue weighted by Crippen LogP contribution is 2.48. The number of alkyl halides is 2. The number of amides is 4. The van der Waals surface area contributed by atoms with Crippen LogP contribution in [0.2, 0.25) is 0 Å². The first-order valence-corrected chi connectivity index (χ1v) is 21.9. The van der Waals surface area contributed by atoms with Gasteiger partial charge in [-0.05, 0) is 74.3 Å². The van der Waals surface area contributed by atoms with Crippen LogP contribution in [0.3, 0.4) is 0 Å². The van der Waals surface area contributed by atoms with E-state index in [0.29, 0.717) is 44.3 Å². The highest BCUT2D eigenvalue weighted by Gasteiger charge is 2.63. The number of ether oxygens (including phenoxy) is 3. The van der Waals surface area contributed by atoms with E-state index in [0.717, 1.165) is 0 Å². The first kappa shape index (κ1) is 41.8. The van der Waals surface area contributed by atoms with Crippen LogP contribution >= 0.6 is 0 Å². The average molecular weight is 833 g/mol. The van der Waals surface area contributed by atoms with Gasteiger partial charge in [0.15, 0.2) is 5.69 Å². The van der Waals surface area contributed by atoms with Gasteiger partial charge in [-0.1, -0.05) is 47.5 Å². The van der Waals surface area contributed by atoms with E-state index >= 15 is 8.78 Å². The summed E-state index contributed by atoms with van der Waals surface area (Å²) in [5.74, 6) is -6.99. The lowest BCUT2D eigenvalue weighted by Crippen LogP contribution is -2.61. The van der Waals surface area contributed by atoms with E-state index in [-0.39, 0.29) is 48.7 Å². The molecule has 18 heteroatoms. The van der Waals surface area contributed by atoms with Crippen LogP contribution in [0.5, 0.6) is 11.6 Å². The topological polar surface area (TPSA) is 195 Å². The van der Waals surface area contributed by atoms with Crippen LogP contribution in [0.1, 0.15) is 105 Å². The first-order chi connectivity index (χ1) is 27.3. The monoisotopic (exact) mass is 832 g/mol. The number of hydrogen-bond acceptors (Lipinski definition) is 11. The molecule has 0 spiro atoms. The SMILES string of the molecule is CC[C@@H]1[C@@H]2CN(C(=O)[C@H](C(C)(C)C)NC(=O)O[C@@H]3CC3CCCCC(F)(F)c3nc4ccc(OC)cc4nc3O2)[C@@H]1C(=O)N[C@]1(C(=O)NS(=O)(=O)C2CC2)C[C@H]1CC. The molecule has 2 bridgehead atoms. The van der Waals surface area contributed by atoms with E-state index in [2.05, 4.69) is 25.3 Å². The van der Waals surface area contributed by atoms with E-state index in [1.807, 2.05) is 6.92 Å². The lowest BCUT2D eigenvalue weighted by atomic mass is 9.85. The summed E-state index contributed by atoms with van der Waals surface area (Å²) in [5, 5.41) is 4.91. The summed E-state index contributed by atoms with van der Waals surface area (Å²) in [6.45, 7) is 8.56. The Balaban J connectivity index is 1.29. The summed E-state index contributed by atoms with van der Waals surface area (Å²) in [6.07, 6.45) is 0.564. The third-order valence-electron chi connectivity index (χ3n) is 12.4. The number of carbonyl (C=O) groups is 4. The van der Waals surface area contributed by atoms with Crippen molar-refractivity contribution in [3.8, 4) is 11.6 Å². The van der Waals surface area contributed by atoms with Crippen LogP contribution in [-0.2, 0) is 35.1 Å². The fraction of sp³-hybridized carbons (Fsp3) is 0.700. The molecule has 58 heavy (non-hydrogen) atoms. The maximum absolute atomic E-state index is 16.3. The van der Waals surface area contributed by atoms with Gasteiger partial charge >= 0.3 is 6.09 Å². The number of rotatable bonds is 8. The minimum Gasteiger partial charge on any atom is -0.497 e. The average Bonchev–Trinajstić information content (AvgIpc) is 4.08.